The number of hydrogen-bond donors (Lipinski definition) is 1. The van der Waals surface area contributed by atoms with Gasteiger partial charge in [0.1, 0.15) is 16.4 Å². The summed E-state index contributed by atoms with van der Waals surface area (Å²) >= 11 is 0. The van der Waals surface area contributed by atoms with E-state index >= 15 is 0 Å². The Balaban J connectivity index is 2.40. The van der Waals surface area contributed by atoms with E-state index in [4.69, 9.17) is 9.47 Å². The SMILES string of the molecule is COc1ccc(OC)c(S(=O)(=O)NC(C)c2cc(C)c(C)cc2C)c1. The van der Waals surface area contributed by atoms with Crippen molar-refractivity contribution in [3.05, 3.63) is 52.6 Å². The highest BCUT2D eigenvalue weighted by Crippen LogP contribution is 2.30. The number of hydrogen-bond acceptors (Lipinski definition) is 4. The summed E-state index contributed by atoms with van der Waals surface area (Å²) in [6, 6.07) is 8.43. The topological polar surface area (TPSA) is 64.6 Å². The zero-order valence-electron chi connectivity index (χ0n) is 15.5. The smallest absolute Gasteiger partial charge is 0.244 e. The lowest BCUT2D eigenvalue weighted by molar-refractivity contribution is 0.391. The first-order valence-electron chi connectivity index (χ1n) is 8.01. The van der Waals surface area contributed by atoms with Crippen LogP contribution in [0.15, 0.2) is 35.2 Å². The van der Waals surface area contributed by atoms with Gasteiger partial charge in [0, 0.05) is 12.1 Å². The molecule has 0 aliphatic heterocycles. The highest BCUT2D eigenvalue weighted by atomic mass is 32.2. The van der Waals surface area contributed by atoms with Crippen molar-refractivity contribution in [2.75, 3.05) is 14.2 Å². The Labute approximate surface area is 150 Å². The van der Waals surface area contributed by atoms with Crippen molar-refractivity contribution in [3.63, 3.8) is 0 Å². The summed E-state index contributed by atoms with van der Waals surface area (Å²) < 4.78 is 38.8. The molecular weight excluding hydrogens is 338 g/mol. The summed E-state index contributed by atoms with van der Waals surface area (Å²) in [5, 5.41) is 0. The Morgan fingerprint density at radius 3 is 2.16 bits per heavy atom. The second-order valence-electron chi connectivity index (χ2n) is 6.15. The predicted molar refractivity (Wildman–Crippen MR) is 98.9 cm³/mol. The zero-order chi connectivity index (χ0) is 18.8. The van der Waals surface area contributed by atoms with Crippen molar-refractivity contribution in [2.45, 2.75) is 38.6 Å². The molecule has 25 heavy (non-hydrogen) atoms. The van der Waals surface area contributed by atoms with Crippen LogP contribution in [0.25, 0.3) is 0 Å². The molecule has 5 nitrogen and oxygen atoms in total. The number of sulfonamides is 1. The summed E-state index contributed by atoms with van der Waals surface area (Å²) in [6.45, 7) is 7.88. The number of aryl methyl sites for hydroxylation is 3. The minimum atomic E-state index is -3.78. The van der Waals surface area contributed by atoms with Gasteiger partial charge in [0.25, 0.3) is 0 Å². The Morgan fingerprint density at radius 1 is 0.920 bits per heavy atom. The Kier molecular flexibility index (Phi) is 5.75. The van der Waals surface area contributed by atoms with Crippen molar-refractivity contribution in [2.24, 2.45) is 0 Å². The lowest BCUT2D eigenvalue weighted by atomic mass is 9.97. The van der Waals surface area contributed by atoms with Crippen molar-refractivity contribution in [1.29, 1.82) is 0 Å². The number of methoxy groups -OCH3 is 2. The fourth-order valence-corrected chi connectivity index (χ4v) is 4.21. The second kappa shape index (κ2) is 7.45. The minimum absolute atomic E-state index is 0.0580. The molecule has 136 valence electrons. The molecule has 0 amide bonds. The van der Waals surface area contributed by atoms with E-state index in [1.165, 1.54) is 25.8 Å². The Hall–Kier alpha value is -2.05. The Morgan fingerprint density at radius 2 is 1.56 bits per heavy atom. The van der Waals surface area contributed by atoms with Gasteiger partial charge in [0.05, 0.1) is 14.2 Å². The maximum absolute atomic E-state index is 12.9. The number of ether oxygens (including phenoxy) is 2. The van der Waals surface area contributed by atoms with Crippen LogP contribution in [-0.4, -0.2) is 22.6 Å². The monoisotopic (exact) mass is 363 g/mol. The van der Waals surface area contributed by atoms with E-state index in [0.29, 0.717) is 5.75 Å². The summed E-state index contributed by atoms with van der Waals surface area (Å²) in [5.74, 6) is 0.730. The maximum Gasteiger partial charge on any atom is 0.244 e. The fraction of sp³-hybridized carbons (Fsp3) is 0.368. The first-order chi connectivity index (χ1) is 11.7. The summed E-state index contributed by atoms with van der Waals surface area (Å²) in [5.41, 5.74) is 4.32. The quantitative estimate of drug-likeness (QED) is 0.850. The fourth-order valence-electron chi connectivity index (χ4n) is 2.80. The van der Waals surface area contributed by atoms with E-state index in [0.717, 1.165) is 16.7 Å². The van der Waals surface area contributed by atoms with Crippen LogP contribution in [0.1, 0.15) is 35.2 Å². The van der Waals surface area contributed by atoms with Crippen LogP contribution < -0.4 is 14.2 Å². The molecule has 0 saturated heterocycles. The number of nitrogens with one attached hydrogen (secondary N) is 1. The van der Waals surface area contributed by atoms with Gasteiger partial charge >= 0.3 is 0 Å². The highest BCUT2D eigenvalue weighted by Gasteiger charge is 2.24. The lowest BCUT2D eigenvalue weighted by Gasteiger charge is -2.19. The molecule has 0 spiro atoms. The summed E-state index contributed by atoms with van der Waals surface area (Å²) in [6.07, 6.45) is 0. The molecule has 0 heterocycles. The molecule has 1 atom stereocenters. The van der Waals surface area contributed by atoms with Crippen molar-refractivity contribution >= 4 is 10.0 Å². The van der Waals surface area contributed by atoms with Gasteiger partial charge in [-0.2, -0.15) is 0 Å². The molecule has 2 aromatic rings. The molecule has 0 fully saturated rings. The normalized spacial score (nSPS) is 12.7. The molecule has 0 aliphatic carbocycles. The van der Waals surface area contributed by atoms with Crippen LogP contribution in [0, 0.1) is 20.8 Å². The second-order valence-corrected chi connectivity index (χ2v) is 7.84. The van der Waals surface area contributed by atoms with Gasteiger partial charge in [-0.3, -0.25) is 0 Å². The molecule has 0 bridgehead atoms. The van der Waals surface area contributed by atoms with Gasteiger partial charge < -0.3 is 9.47 Å². The molecule has 6 heteroatoms. The number of benzene rings is 2. The van der Waals surface area contributed by atoms with Crippen LogP contribution in [0.2, 0.25) is 0 Å². The van der Waals surface area contributed by atoms with Gasteiger partial charge in [-0.05, 0) is 62.1 Å². The third-order valence-corrected chi connectivity index (χ3v) is 5.90. The third-order valence-electron chi connectivity index (χ3n) is 4.34. The van der Waals surface area contributed by atoms with E-state index in [2.05, 4.69) is 10.8 Å². The van der Waals surface area contributed by atoms with Gasteiger partial charge in [0.2, 0.25) is 10.0 Å². The predicted octanol–water partition coefficient (Wildman–Crippen LogP) is 3.67. The largest absolute Gasteiger partial charge is 0.497 e. The van der Waals surface area contributed by atoms with Gasteiger partial charge in [-0.25, -0.2) is 13.1 Å². The standard InChI is InChI=1S/C19H25NO4S/c1-12-9-14(3)17(10-13(12)2)15(4)20-25(21,22)19-11-16(23-5)7-8-18(19)24-6/h7-11,15,20H,1-6H3. The van der Waals surface area contributed by atoms with Crippen molar-refractivity contribution in [3.8, 4) is 11.5 Å². The molecule has 0 saturated carbocycles. The number of rotatable bonds is 6. The average molecular weight is 363 g/mol. The van der Waals surface area contributed by atoms with E-state index < -0.39 is 10.0 Å². The molecule has 2 aromatic carbocycles. The molecule has 0 radical (unpaired) electrons. The molecule has 0 aliphatic rings. The highest BCUT2D eigenvalue weighted by molar-refractivity contribution is 7.89. The zero-order valence-corrected chi connectivity index (χ0v) is 16.3. The van der Waals surface area contributed by atoms with Crippen LogP contribution >= 0.6 is 0 Å². The maximum atomic E-state index is 12.9. The molecule has 1 N–H and O–H groups in total. The average Bonchev–Trinajstić information content (AvgIpc) is 2.56. The van der Waals surface area contributed by atoms with Gasteiger partial charge in [-0.15, -0.1) is 0 Å². The Bertz CT molecular complexity index is 875. The van der Waals surface area contributed by atoms with E-state index in [1.807, 2.05) is 33.8 Å². The van der Waals surface area contributed by atoms with Gasteiger partial charge in [-0.1, -0.05) is 12.1 Å². The third kappa shape index (κ3) is 4.14. The molecule has 1 unspecified atom stereocenters. The molecule has 2 rings (SSSR count). The molecular formula is C19H25NO4S. The molecule has 0 aromatic heterocycles. The van der Waals surface area contributed by atoms with E-state index in [9.17, 15) is 8.42 Å². The summed E-state index contributed by atoms with van der Waals surface area (Å²) in [4.78, 5) is 0.0580. The van der Waals surface area contributed by atoms with Crippen molar-refractivity contribution < 1.29 is 17.9 Å². The summed E-state index contributed by atoms with van der Waals surface area (Å²) in [7, 11) is -0.843. The first kappa shape index (κ1) is 19.3. The van der Waals surface area contributed by atoms with Crippen LogP contribution in [-0.2, 0) is 10.0 Å². The van der Waals surface area contributed by atoms with Gasteiger partial charge in [0.15, 0.2) is 0 Å². The van der Waals surface area contributed by atoms with Crippen LogP contribution in [0.3, 0.4) is 0 Å². The van der Waals surface area contributed by atoms with Crippen molar-refractivity contribution in [1.82, 2.24) is 4.72 Å². The first-order valence-corrected chi connectivity index (χ1v) is 9.50. The van der Waals surface area contributed by atoms with E-state index in [-0.39, 0.29) is 16.7 Å². The van der Waals surface area contributed by atoms with Crippen LogP contribution in [0.4, 0.5) is 0 Å². The lowest BCUT2D eigenvalue weighted by Crippen LogP contribution is -2.28. The van der Waals surface area contributed by atoms with E-state index in [1.54, 1.807) is 12.1 Å². The van der Waals surface area contributed by atoms with Crippen LogP contribution in [0.5, 0.6) is 11.5 Å². The minimum Gasteiger partial charge on any atom is -0.497 e.